The lowest BCUT2D eigenvalue weighted by atomic mass is 9.63. The van der Waals surface area contributed by atoms with E-state index in [0.717, 1.165) is 13.0 Å². The van der Waals surface area contributed by atoms with Gasteiger partial charge >= 0.3 is 0 Å². The quantitative estimate of drug-likeness (QED) is 0.451. The molecule has 0 fully saturated rings. The van der Waals surface area contributed by atoms with Gasteiger partial charge in [0.2, 0.25) is 7.28 Å². The molecule has 0 saturated heterocycles. The van der Waals surface area contributed by atoms with Gasteiger partial charge in [-0.15, -0.1) is 0 Å². The highest BCUT2D eigenvalue weighted by Crippen LogP contribution is 2.12. The van der Waals surface area contributed by atoms with Crippen LogP contribution in [-0.4, -0.2) is 7.28 Å². The number of aryl methyl sites for hydroxylation is 1. The molecule has 20 heavy (non-hydrogen) atoms. The summed E-state index contributed by atoms with van der Waals surface area (Å²) in [4.78, 5) is 0. The predicted octanol–water partition coefficient (Wildman–Crippen LogP) is 2.22. The first-order valence-electron chi connectivity index (χ1n) is 5.57. The Bertz CT molecular complexity index is 683. The molecule has 0 radical (unpaired) electrons. The molecule has 0 heterocycles. The van der Waals surface area contributed by atoms with Gasteiger partial charge < -0.3 is 0 Å². The first-order chi connectivity index (χ1) is 9.31. The van der Waals surface area contributed by atoms with Crippen LogP contribution in [0.5, 0.6) is 0 Å². The fourth-order valence-corrected chi connectivity index (χ4v) is 1.84. The highest BCUT2D eigenvalue weighted by Gasteiger charge is 2.21. The maximum absolute atomic E-state index is 13.6. The molecule has 0 saturated carbocycles. The van der Waals surface area contributed by atoms with Crippen molar-refractivity contribution in [3.05, 3.63) is 58.7 Å². The maximum Gasteiger partial charge on any atom is 0.204 e. The average molecular weight is 288 g/mol. The number of rotatable bonds is 2. The Balaban J connectivity index is 2.54. The maximum atomic E-state index is 13.6. The van der Waals surface area contributed by atoms with Crippen molar-refractivity contribution in [1.29, 1.82) is 0 Å². The lowest BCUT2D eigenvalue weighted by Gasteiger charge is -2.08. The van der Waals surface area contributed by atoms with Crippen LogP contribution in [0.3, 0.4) is 0 Å². The summed E-state index contributed by atoms with van der Waals surface area (Å²) in [6, 6.07) is 1.65. The van der Waals surface area contributed by atoms with Gasteiger partial charge in [-0.2, -0.15) is 0 Å². The van der Waals surface area contributed by atoms with E-state index in [-0.39, 0.29) is 5.56 Å². The molecule has 104 valence electrons. The molecule has 2 rings (SSSR count). The van der Waals surface area contributed by atoms with Crippen molar-refractivity contribution in [1.82, 2.24) is 0 Å². The third-order valence-electron chi connectivity index (χ3n) is 2.87. The Labute approximate surface area is 111 Å². The smallest absolute Gasteiger partial charge is 0.204 e. The van der Waals surface area contributed by atoms with Gasteiger partial charge in [0, 0.05) is 6.07 Å². The summed E-state index contributed by atoms with van der Waals surface area (Å²) < 4.78 is 80.0. The third kappa shape index (κ3) is 2.52. The molecule has 0 bridgehead atoms. The van der Waals surface area contributed by atoms with Crippen LogP contribution in [0.25, 0.3) is 0 Å². The van der Waals surface area contributed by atoms with Gasteiger partial charge in [0.1, 0.15) is 11.6 Å². The Morgan fingerprint density at radius 2 is 1.40 bits per heavy atom. The molecule has 0 amide bonds. The molecule has 0 unspecified atom stereocenters. The Morgan fingerprint density at radius 3 is 2.05 bits per heavy atom. The molecule has 0 aromatic heterocycles. The van der Waals surface area contributed by atoms with Crippen LogP contribution in [0.1, 0.15) is 5.56 Å². The largest absolute Gasteiger partial charge is 0.207 e. The predicted molar refractivity (Wildman–Crippen MR) is 63.8 cm³/mol. The van der Waals surface area contributed by atoms with Crippen molar-refractivity contribution >= 4 is 18.2 Å². The lowest BCUT2D eigenvalue weighted by molar-refractivity contribution is 0.496. The first-order valence-corrected chi connectivity index (χ1v) is 5.57. The van der Waals surface area contributed by atoms with E-state index in [1.54, 1.807) is 0 Å². The van der Waals surface area contributed by atoms with E-state index in [1.165, 1.54) is 0 Å². The number of hydrogen-bond acceptors (Lipinski definition) is 0. The second-order valence-corrected chi connectivity index (χ2v) is 4.32. The minimum Gasteiger partial charge on any atom is -0.207 e. The zero-order valence-corrected chi connectivity index (χ0v) is 10.2. The highest BCUT2D eigenvalue weighted by atomic mass is 19.2. The average Bonchev–Trinajstić information content (AvgIpc) is 2.37. The van der Waals surface area contributed by atoms with Crippen molar-refractivity contribution in [2.75, 3.05) is 0 Å². The standard InChI is InChI=1S/C13H7BF6/c1-5-2-8(16)10(13(20)11(5)18)14-7-3-6(15)4-9(17)12(7)19/h2-4,14H,1H3. The van der Waals surface area contributed by atoms with Crippen LogP contribution in [0.15, 0.2) is 18.2 Å². The monoisotopic (exact) mass is 288 g/mol. The topological polar surface area (TPSA) is 0 Å². The summed E-state index contributed by atoms with van der Waals surface area (Å²) in [5.74, 6) is -7.87. The molecule has 0 atom stereocenters. The van der Waals surface area contributed by atoms with Gasteiger partial charge in [-0.25, -0.2) is 26.3 Å². The van der Waals surface area contributed by atoms with Crippen LogP contribution >= 0.6 is 0 Å². The molecular formula is C13H7BF6. The van der Waals surface area contributed by atoms with E-state index >= 15 is 0 Å². The van der Waals surface area contributed by atoms with Crippen LogP contribution < -0.4 is 10.9 Å². The van der Waals surface area contributed by atoms with Gasteiger partial charge in [0.15, 0.2) is 23.3 Å². The molecule has 0 nitrogen and oxygen atoms in total. The number of hydrogen-bond donors (Lipinski definition) is 0. The van der Waals surface area contributed by atoms with E-state index in [1.807, 2.05) is 0 Å². The second kappa shape index (κ2) is 5.23. The molecule has 2 aromatic carbocycles. The van der Waals surface area contributed by atoms with Crippen LogP contribution in [-0.2, 0) is 0 Å². The molecule has 0 aliphatic rings. The summed E-state index contributed by atoms with van der Waals surface area (Å²) in [5.41, 5.74) is -1.63. The van der Waals surface area contributed by atoms with E-state index in [0.29, 0.717) is 12.1 Å². The van der Waals surface area contributed by atoms with Crippen LogP contribution in [0.4, 0.5) is 26.3 Å². The molecule has 0 spiro atoms. The Hall–Kier alpha value is -1.92. The zero-order chi connectivity index (χ0) is 15.0. The molecule has 0 N–H and O–H groups in total. The normalized spacial score (nSPS) is 10.8. The van der Waals surface area contributed by atoms with Crippen molar-refractivity contribution in [3.8, 4) is 0 Å². The highest BCUT2D eigenvalue weighted by molar-refractivity contribution is 6.67. The summed E-state index contributed by atoms with van der Waals surface area (Å²) in [7, 11) is -0.796. The second-order valence-electron chi connectivity index (χ2n) is 4.32. The van der Waals surface area contributed by atoms with Crippen LogP contribution in [0.2, 0.25) is 0 Å². The Morgan fingerprint density at radius 1 is 0.750 bits per heavy atom. The Kier molecular flexibility index (Phi) is 3.79. The van der Waals surface area contributed by atoms with Crippen molar-refractivity contribution in [3.63, 3.8) is 0 Å². The first kappa shape index (κ1) is 14.5. The molecular weight excluding hydrogens is 281 g/mol. The SMILES string of the molecule is Cc1cc(F)c(Bc2cc(F)cc(F)c2F)c(F)c1F. The summed E-state index contributed by atoms with van der Waals surface area (Å²) in [6.07, 6.45) is 0. The third-order valence-corrected chi connectivity index (χ3v) is 2.87. The molecule has 0 aliphatic carbocycles. The number of benzene rings is 2. The summed E-state index contributed by atoms with van der Waals surface area (Å²) in [6.45, 7) is 1.16. The fourth-order valence-electron chi connectivity index (χ4n) is 1.84. The van der Waals surface area contributed by atoms with Gasteiger partial charge in [0.25, 0.3) is 0 Å². The van der Waals surface area contributed by atoms with Crippen molar-refractivity contribution in [2.24, 2.45) is 0 Å². The van der Waals surface area contributed by atoms with Gasteiger partial charge in [-0.05, 0) is 35.5 Å². The van der Waals surface area contributed by atoms with E-state index in [9.17, 15) is 26.3 Å². The van der Waals surface area contributed by atoms with Gasteiger partial charge in [0.05, 0.1) is 0 Å². The van der Waals surface area contributed by atoms with Gasteiger partial charge in [-0.1, -0.05) is 0 Å². The van der Waals surface area contributed by atoms with Crippen LogP contribution in [0, 0.1) is 41.8 Å². The van der Waals surface area contributed by atoms with Crippen molar-refractivity contribution in [2.45, 2.75) is 6.92 Å². The van der Waals surface area contributed by atoms with E-state index in [4.69, 9.17) is 0 Å². The minimum atomic E-state index is -1.49. The zero-order valence-electron chi connectivity index (χ0n) is 10.2. The fraction of sp³-hybridized carbons (Fsp3) is 0.0769. The van der Waals surface area contributed by atoms with Gasteiger partial charge in [-0.3, -0.25) is 0 Å². The van der Waals surface area contributed by atoms with Crippen molar-refractivity contribution < 1.29 is 26.3 Å². The lowest BCUT2D eigenvalue weighted by Crippen LogP contribution is -2.36. The minimum absolute atomic E-state index is 0.255. The summed E-state index contributed by atoms with van der Waals surface area (Å²) >= 11 is 0. The summed E-state index contributed by atoms with van der Waals surface area (Å²) in [5, 5.41) is 0. The molecule has 0 aliphatic heterocycles. The molecule has 7 heteroatoms. The van der Waals surface area contributed by atoms with E-state index < -0.39 is 53.1 Å². The van der Waals surface area contributed by atoms with E-state index in [2.05, 4.69) is 0 Å². The molecule has 2 aromatic rings. The number of halogens is 6.